The molecule has 84 valence electrons. The van der Waals surface area contributed by atoms with Gasteiger partial charge in [0.25, 0.3) is 0 Å². The molecule has 1 saturated heterocycles. The van der Waals surface area contributed by atoms with Crippen LogP contribution in [0.25, 0.3) is 0 Å². The van der Waals surface area contributed by atoms with Gasteiger partial charge in [-0.2, -0.15) is 0 Å². The predicted molar refractivity (Wildman–Crippen MR) is 60.6 cm³/mol. The molecule has 1 aromatic rings. The lowest BCUT2D eigenvalue weighted by molar-refractivity contribution is 0.317. The third-order valence-corrected chi connectivity index (χ3v) is 3.11. The minimum absolute atomic E-state index is 0.0589. The molecule has 1 aromatic heterocycles. The van der Waals surface area contributed by atoms with Crippen molar-refractivity contribution in [2.45, 2.75) is 32.2 Å². The molecule has 3 nitrogen and oxygen atoms in total. The van der Waals surface area contributed by atoms with Crippen LogP contribution < -0.4 is 11.1 Å². The number of aryl methyl sites for hydroxylation is 1. The van der Waals surface area contributed by atoms with Gasteiger partial charge in [-0.1, -0.05) is 0 Å². The van der Waals surface area contributed by atoms with Crippen LogP contribution in [-0.4, -0.2) is 13.1 Å². The van der Waals surface area contributed by atoms with Crippen LogP contribution in [0.5, 0.6) is 0 Å². The Kier molecular flexibility index (Phi) is 3.44. The molecule has 15 heavy (non-hydrogen) atoms. The monoisotopic (exact) mass is 208 g/mol. The van der Waals surface area contributed by atoms with E-state index in [0.29, 0.717) is 5.92 Å². The molecule has 0 aliphatic carbocycles. The summed E-state index contributed by atoms with van der Waals surface area (Å²) >= 11 is 0. The van der Waals surface area contributed by atoms with Gasteiger partial charge in [0.15, 0.2) is 0 Å². The molecule has 2 heterocycles. The van der Waals surface area contributed by atoms with Crippen LogP contribution in [0.4, 0.5) is 0 Å². The Balaban J connectivity index is 1.88. The second kappa shape index (κ2) is 4.81. The van der Waals surface area contributed by atoms with Crippen molar-refractivity contribution in [3.05, 3.63) is 23.7 Å². The molecule has 2 unspecified atom stereocenters. The summed E-state index contributed by atoms with van der Waals surface area (Å²) in [7, 11) is 0. The highest BCUT2D eigenvalue weighted by Crippen LogP contribution is 2.24. The molecule has 3 N–H and O–H groups in total. The number of rotatable bonds is 3. The number of hydrogen-bond acceptors (Lipinski definition) is 3. The lowest BCUT2D eigenvalue weighted by Crippen LogP contribution is -2.31. The number of nitrogens with two attached hydrogens (primary N) is 1. The maximum absolute atomic E-state index is 6.12. The Morgan fingerprint density at radius 1 is 1.60 bits per heavy atom. The van der Waals surface area contributed by atoms with Crippen molar-refractivity contribution in [3.8, 4) is 0 Å². The quantitative estimate of drug-likeness (QED) is 0.798. The van der Waals surface area contributed by atoms with Crippen molar-refractivity contribution < 1.29 is 4.42 Å². The summed E-state index contributed by atoms with van der Waals surface area (Å²) in [6.45, 7) is 4.22. The lowest BCUT2D eigenvalue weighted by Gasteiger charge is -2.24. The number of furan rings is 1. The van der Waals surface area contributed by atoms with Gasteiger partial charge in [-0.15, -0.1) is 0 Å². The summed E-state index contributed by atoms with van der Waals surface area (Å²) in [4.78, 5) is 0. The van der Waals surface area contributed by atoms with Gasteiger partial charge in [0.2, 0.25) is 0 Å². The van der Waals surface area contributed by atoms with Crippen LogP contribution in [0.1, 0.15) is 36.8 Å². The van der Waals surface area contributed by atoms with E-state index in [1.54, 1.807) is 0 Å². The van der Waals surface area contributed by atoms with E-state index in [0.717, 1.165) is 31.0 Å². The fourth-order valence-electron chi connectivity index (χ4n) is 2.25. The SMILES string of the molecule is Cc1ccc(C(N)CC2CCCNC2)o1. The number of nitrogens with one attached hydrogen (secondary N) is 1. The molecular weight excluding hydrogens is 188 g/mol. The Morgan fingerprint density at radius 2 is 2.47 bits per heavy atom. The van der Waals surface area contributed by atoms with Crippen molar-refractivity contribution in [3.63, 3.8) is 0 Å². The Morgan fingerprint density at radius 3 is 3.07 bits per heavy atom. The summed E-state index contributed by atoms with van der Waals surface area (Å²) in [6, 6.07) is 4.04. The fraction of sp³-hybridized carbons (Fsp3) is 0.667. The van der Waals surface area contributed by atoms with Gasteiger partial charge in [0.1, 0.15) is 11.5 Å². The van der Waals surface area contributed by atoms with E-state index < -0.39 is 0 Å². The summed E-state index contributed by atoms with van der Waals surface area (Å²) in [6.07, 6.45) is 3.59. The average molecular weight is 208 g/mol. The van der Waals surface area contributed by atoms with E-state index in [1.165, 1.54) is 12.8 Å². The summed E-state index contributed by atoms with van der Waals surface area (Å²) in [5.74, 6) is 2.58. The highest BCUT2D eigenvalue weighted by molar-refractivity contribution is 5.09. The van der Waals surface area contributed by atoms with E-state index in [9.17, 15) is 0 Å². The van der Waals surface area contributed by atoms with Gasteiger partial charge in [-0.3, -0.25) is 0 Å². The molecule has 1 aliphatic heterocycles. The van der Waals surface area contributed by atoms with Crippen molar-refractivity contribution in [1.29, 1.82) is 0 Å². The molecule has 1 aliphatic rings. The topological polar surface area (TPSA) is 51.2 Å². The van der Waals surface area contributed by atoms with Crippen molar-refractivity contribution >= 4 is 0 Å². The molecule has 0 amide bonds. The van der Waals surface area contributed by atoms with Gasteiger partial charge in [0, 0.05) is 0 Å². The second-order valence-corrected chi connectivity index (χ2v) is 4.50. The molecule has 2 rings (SSSR count). The van der Waals surface area contributed by atoms with Crippen molar-refractivity contribution in [2.24, 2.45) is 11.7 Å². The largest absolute Gasteiger partial charge is 0.465 e. The first kappa shape index (κ1) is 10.7. The summed E-state index contributed by atoms with van der Waals surface area (Å²) in [5, 5.41) is 3.41. The molecule has 0 bridgehead atoms. The van der Waals surface area contributed by atoms with E-state index in [-0.39, 0.29) is 6.04 Å². The summed E-state index contributed by atoms with van der Waals surface area (Å²) in [5.41, 5.74) is 6.12. The van der Waals surface area contributed by atoms with E-state index in [1.807, 2.05) is 19.1 Å². The zero-order chi connectivity index (χ0) is 10.7. The standard InChI is InChI=1S/C12H20N2O/c1-9-4-5-12(15-9)11(13)7-10-3-2-6-14-8-10/h4-5,10-11,14H,2-3,6-8,13H2,1H3. The minimum atomic E-state index is 0.0589. The third-order valence-electron chi connectivity index (χ3n) is 3.11. The fourth-order valence-corrected chi connectivity index (χ4v) is 2.25. The Labute approximate surface area is 91.0 Å². The first-order valence-corrected chi connectivity index (χ1v) is 5.78. The molecule has 3 heteroatoms. The molecular formula is C12H20N2O. The predicted octanol–water partition coefficient (Wildman–Crippen LogP) is 1.98. The zero-order valence-corrected chi connectivity index (χ0v) is 9.33. The second-order valence-electron chi connectivity index (χ2n) is 4.50. The minimum Gasteiger partial charge on any atom is -0.465 e. The van der Waals surface area contributed by atoms with Gasteiger partial charge < -0.3 is 15.5 Å². The highest BCUT2D eigenvalue weighted by Gasteiger charge is 2.19. The third kappa shape index (κ3) is 2.83. The maximum Gasteiger partial charge on any atom is 0.120 e. The van der Waals surface area contributed by atoms with Crippen LogP contribution in [0, 0.1) is 12.8 Å². The smallest absolute Gasteiger partial charge is 0.120 e. The normalized spacial score (nSPS) is 24.0. The Bertz CT molecular complexity index is 302. The highest BCUT2D eigenvalue weighted by atomic mass is 16.3. The first-order chi connectivity index (χ1) is 7.25. The lowest BCUT2D eigenvalue weighted by atomic mass is 9.92. The van der Waals surface area contributed by atoms with Crippen LogP contribution in [-0.2, 0) is 0 Å². The van der Waals surface area contributed by atoms with E-state index in [4.69, 9.17) is 10.2 Å². The summed E-state index contributed by atoms with van der Waals surface area (Å²) < 4.78 is 5.54. The van der Waals surface area contributed by atoms with Gasteiger partial charge >= 0.3 is 0 Å². The average Bonchev–Trinajstić information content (AvgIpc) is 2.66. The van der Waals surface area contributed by atoms with E-state index >= 15 is 0 Å². The zero-order valence-electron chi connectivity index (χ0n) is 9.33. The Hall–Kier alpha value is -0.800. The number of hydrogen-bond donors (Lipinski definition) is 2. The molecule has 0 radical (unpaired) electrons. The van der Waals surface area contributed by atoms with Gasteiger partial charge in [-0.05, 0) is 57.3 Å². The maximum atomic E-state index is 6.12. The van der Waals surface area contributed by atoms with Crippen LogP contribution in [0.2, 0.25) is 0 Å². The van der Waals surface area contributed by atoms with Crippen molar-refractivity contribution in [1.82, 2.24) is 5.32 Å². The first-order valence-electron chi connectivity index (χ1n) is 5.78. The van der Waals surface area contributed by atoms with Gasteiger partial charge in [0.05, 0.1) is 6.04 Å². The van der Waals surface area contributed by atoms with Gasteiger partial charge in [-0.25, -0.2) is 0 Å². The van der Waals surface area contributed by atoms with E-state index in [2.05, 4.69) is 5.32 Å². The van der Waals surface area contributed by atoms with Crippen LogP contribution in [0.3, 0.4) is 0 Å². The molecule has 0 saturated carbocycles. The van der Waals surface area contributed by atoms with Crippen molar-refractivity contribution in [2.75, 3.05) is 13.1 Å². The van der Waals surface area contributed by atoms with Crippen LogP contribution in [0.15, 0.2) is 16.5 Å². The van der Waals surface area contributed by atoms with Crippen LogP contribution >= 0.6 is 0 Å². The molecule has 2 atom stereocenters. The number of piperidine rings is 1. The molecule has 1 fully saturated rings. The molecule has 0 spiro atoms. The molecule has 0 aromatic carbocycles.